The first-order chi connectivity index (χ1) is 16.7. The predicted octanol–water partition coefficient (Wildman–Crippen LogP) is 6.61. The fraction of sp³-hybridized carbons (Fsp3) is 0. The van der Waals surface area contributed by atoms with Crippen LogP contribution < -0.4 is 0 Å². The van der Waals surface area contributed by atoms with Gasteiger partial charge in [-0.3, -0.25) is 0 Å². The Kier molecular flexibility index (Phi) is 5.10. The summed E-state index contributed by atoms with van der Waals surface area (Å²) in [6.45, 7) is 7.51. The molecule has 0 saturated carbocycles. The van der Waals surface area contributed by atoms with Crippen LogP contribution in [0.2, 0.25) is 0 Å². The number of nitriles is 3. The van der Waals surface area contributed by atoms with Crippen molar-refractivity contribution in [3.05, 3.63) is 105 Å². The standard InChI is InChI=1S/C27H11N5OS/c1-31-21(15-30)26-19-10-6-5-9-18(19)25(17(13-28)14-29)20(26)11-24-32-27-23(34-24)12-22(33-27)16-7-3-2-4-8-16/h2-12H/b20-11-,26-21-. The maximum absolute atomic E-state index is 9.63. The van der Waals surface area contributed by atoms with Gasteiger partial charge in [-0.05, 0) is 22.8 Å². The van der Waals surface area contributed by atoms with Gasteiger partial charge in [0, 0.05) is 22.8 Å². The molecular formula is C27H11N5OS. The molecule has 2 aromatic heterocycles. The fourth-order valence-corrected chi connectivity index (χ4v) is 4.83. The number of fused-ring (bicyclic) bond motifs is 2. The third-order valence-electron chi connectivity index (χ3n) is 5.36. The lowest BCUT2D eigenvalue weighted by atomic mass is 9.98. The van der Waals surface area contributed by atoms with Crippen LogP contribution in [0.5, 0.6) is 0 Å². The molecule has 0 N–H and O–H groups in total. The molecule has 0 aliphatic heterocycles. The number of aromatic nitrogens is 1. The minimum atomic E-state index is -0.115. The molecule has 6 nitrogen and oxygen atoms in total. The molecular weight excluding hydrogens is 442 g/mol. The van der Waals surface area contributed by atoms with E-state index in [2.05, 4.69) is 9.83 Å². The Hall–Kier alpha value is -5.21. The van der Waals surface area contributed by atoms with E-state index in [1.54, 1.807) is 30.3 Å². The molecule has 1 aliphatic carbocycles. The van der Waals surface area contributed by atoms with E-state index >= 15 is 0 Å². The van der Waals surface area contributed by atoms with Crippen LogP contribution in [0.25, 0.3) is 43.8 Å². The van der Waals surface area contributed by atoms with Gasteiger partial charge in [0.15, 0.2) is 0 Å². The number of rotatable bonds is 2. The monoisotopic (exact) mass is 453 g/mol. The summed E-state index contributed by atoms with van der Waals surface area (Å²) in [5.41, 5.74) is 3.69. The highest BCUT2D eigenvalue weighted by Crippen LogP contribution is 2.49. The summed E-state index contributed by atoms with van der Waals surface area (Å²) < 4.78 is 6.77. The summed E-state index contributed by atoms with van der Waals surface area (Å²) in [7, 11) is 0. The smallest absolute Gasteiger partial charge is 0.270 e. The van der Waals surface area contributed by atoms with E-state index in [1.165, 1.54) is 11.3 Å². The van der Waals surface area contributed by atoms with Gasteiger partial charge < -0.3 is 4.42 Å². The van der Waals surface area contributed by atoms with Crippen molar-refractivity contribution in [3.8, 4) is 29.5 Å². The molecule has 2 heterocycles. The molecule has 0 unspecified atom stereocenters. The van der Waals surface area contributed by atoms with Crippen molar-refractivity contribution in [2.24, 2.45) is 0 Å². The zero-order chi connectivity index (χ0) is 23.7. The van der Waals surface area contributed by atoms with E-state index < -0.39 is 0 Å². The Bertz CT molecular complexity index is 1600. The Morgan fingerprint density at radius 3 is 2.24 bits per heavy atom. The van der Waals surface area contributed by atoms with Crippen LogP contribution in [-0.2, 0) is 0 Å². The Morgan fingerprint density at radius 2 is 1.62 bits per heavy atom. The molecule has 0 amide bonds. The lowest BCUT2D eigenvalue weighted by molar-refractivity contribution is 0.619. The zero-order valence-electron chi connectivity index (χ0n) is 17.4. The molecule has 0 atom stereocenters. The van der Waals surface area contributed by atoms with Gasteiger partial charge in [0.1, 0.15) is 28.5 Å². The number of benzene rings is 2. The highest BCUT2D eigenvalue weighted by atomic mass is 32.1. The van der Waals surface area contributed by atoms with Gasteiger partial charge in [0.2, 0.25) is 5.71 Å². The summed E-state index contributed by atoms with van der Waals surface area (Å²) in [6.07, 6.45) is 1.71. The summed E-state index contributed by atoms with van der Waals surface area (Å²) in [4.78, 5) is 7.99. The van der Waals surface area contributed by atoms with Gasteiger partial charge >= 0.3 is 0 Å². The summed E-state index contributed by atoms with van der Waals surface area (Å²) in [6, 6.07) is 24.6. The van der Waals surface area contributed by atoms with Gasteiger partial charge in [-0.2, -0.15) is 10.5 Å². The normalized spacial score (nSPS) is 14.7. The van der Waals surface area contributed by atoms with Crippen molar-refractivity contribution in [3.63, 3.8) is 0 Å². The predicted molar refractivity (Wildman–Crippen MR) is 129 cm³/mol. The first kappa shape index (κ1) is 20.7. The Morgan fingerprint density at radius 1 is 0.941 bits per heavy atom. The maximum Gasteiger partial charge on any atom is 0.270 e. The molecule has 7 heteroatoms. The molecule has 0 bridgehead atoms. The van der Waals surface area contributed by atoms with E-state index in [0.717, 1.165) is 10.3 Å². The topological polar surface area (TPSA) is 102 Å². The highest BCUT2D eigenvalue weighted by Gasteiger charge is 2.32. The Labute approximate surface area is 198 Å². The number of allylic oxidation sites excluding steroid dienone is 5. The number of thiazole rings is 1. The number of nitrogens with zero attached hydrogens (tertiary/aromatic N) is 5. The lowest BCUT2D eigenvalue weighted by Crippen LogP contribution is -1.89. The first-order valence-corrected chi connectivity index (χ1v) is 10.8. The van der Waals surface area contributed by atoms with E-state index in [-0.39, 0.29) is 11.3 Å². The second-order valence-corrected chi connectivity index (χ2v) is 8.28. The summed E-state index contributed by atoms with van der Waals surface area (Å²) in [5, 5.41) is 29.5. The average Bonchev–Trinajstić information content (AvgIpc) is 3.53. The average molecular weight is 453 g/mol. The molecule has 0 fully saturated rings. The quantitative estimate of drug-likeness (QED) is 0.251. The van der Waals surface area contributed by atoms with E-state index in [0.29, 0.717) is 44.3 Å². The second-order valence-electron chi connectivity index (χ2n) is 7.22. The molecule has 4 aromatic rings. The minimum Gasteiger partial charge on any atom is -0.437 e. The summed E-state index contributed by atoms with van der Waals surface area (Å²) >= 11 is 1.38. The van der Waals surface area contributed by atoms with Gasteiger partial charge in [-0.1, -0.05) is 54.6 Å². The van der Waals surface area contributed by atoms with Crippen molar-refractivity contribution < 1.29 is 4.42 Å². The third kappa shape index (κ3) is 3.27. The molecule has 5 rings (SSSR count). The van der Waals surface area contributed by atoms with Crippen LogP contribution in [0.4, 0.5) is 0 Å². The van der Waals surface area contributed by atoms with Crippen molar-refractivity contribution in [1.29, 1.82) is 15.8 Å². The Balaban J connectivity index is 1.73. The fourth-order valence-electron chi connectivity index (χ4n) is 3.96. The highest BCUT2D eigenvalue weighted by molar-refractivity contribution is 7.19. The molecule has 0 saturated heterocycles. The van der Waals surface area contributed by atoms with Crippen LogP contribution in [0.3, 0.4) is 0 Å². The van der Waals surface area contributed by atoms with Crippen molar-refractivity contribution in [1.82, 2.24) is 4.98 Å². The summed E-state index contributed by atoms with van der Waals surface area (Å²) in [5.74, 6) is 0.707. The number of furan rings is 1. The van der Waals surface area contributed by atoms with Gasteiger partial charge in [-0.15, -0.1) is 11.3 Å². The molecule has 34 heavy (non-hydrogen) atoms. The molecule has 2 aromatic carbocycles. The number of hydrogen-bond donors (Lipinski definition) is 0. The maximum atomic E-state index is 9.63. The van der Waals surface area contributed by atoms with Crippen LogP contribution in [-0.4, -0.2) is 4.98 Å². The first-order valence-electron chi connectivity index (χ1n) is 10.0. The van der Waals surface area contributed by atoms with Gasteiger partial charge in [-0.25, -0.2) is 15.1 Å². The van der Waals surface area contributed by atoms with Gasteiger partial charge in [0.05, 0.1) is 17.3 Å². The molecule has 1 aliphatic rings. The SMILES string of the molecule is [C-]#[N+]/C(C#N)=C1\C(=C/c2nc3oc(-c4ccccc4)cc3s2)C(=C(C#N)C#N)c2ccccc21. The van der Waals surface area contributed by atoms with Crippen LogP contribution in [0.15, 0.2) is 81.9 Å². The third-order valence-corrected chi connectivity index (χ3v) is 6.30. The van der Waals surface area contributed by atoms with Crippen molar-refractivity contribution in [2.45, 2.75) is 0 Å². The molecule has 0 radical (unpaired) electrons. The lowest BCUT2D eigenvalue weighted by Gasteiger charge is -2.04. The number of hydrogen-bond acceptors (Lipinski definition) is 6. The molecule has 0 spiro atoms. The van der Waals surface area contributed by atoms with Crippen molar-refractivity contribution >= 4 is 39.0 Å². The van der Waals surface area contributed by atoms with E-state index in [9.17, 15) is 15.8 Å². The van der Waals surface area contributed by atoms with Crippen LogP contribution >= 0.6 is 11.3 Å². The van der Waals surface area contributed by atoms with Gasteiger partial charge in [0.25, 0.3) is 5.70 Å². The second kappa shape index (κ2) is 8.38. The largest absolute Gasteiger partial charge is 0.437 e. The molecule has 156 valence electrons. The zero-order valence-corrected chi connectivity index (χ0v) is 18.2. The van der Waals surface area contributed by atoms with E-state index in [1.807, 2.05) is 54.6 Å². The minimum absolute atomic E-state index is 0.0948. The van der Waals surface area contributed by atoms with Crippen LogP contribution in [0, 0.1) is 40.6 Å². The van der Waals surface area contributed by atoms with Crippen LogP contribution in [0.1, 0.15) is 16.1 Å². The van der Waals surface area contributed by atoms with E-state index in [4.69, 9.17) is 11.0 Å². The van der Waals surface area contributed by atoms with Crippen molar-refractivity contribution in [2.75, 3.05) is 0 Å².